The third kappa shape index (κ3) is 4.18. The van der Waals surface area contributed by atoms with Crippen LogP contribution in [0.15, 0.2) is 72.8 Å². The van der Waals surface area contributed by atoms with Crippen LogP contribution < -0.4 is 22.1 Å². The maximum atomic E-state index is 12.2. The Labute approximate surface area is 150 Å². The predicted molar refractivity (Wildman–Crippen MR) is 104 cm³/mol. The molecule has 0 spiro atoms. The first-order valence-electron chi connectivity index (χ1n) is 7.95. The number of hydrogen-bond donors (Lipinski definition) is 4. The van der Waals surface area contributed by atoms with E-state index in [1.807, 2.05) is 0 Å². The fourth-order valence-corrected chi connectivity index (χ4v) is 2.31. The molecule has 0 atom stereocenters. The minimum atomic E-state index is -0.246. The van der Waals surface area contributed by atoms with Crippen LogP contribution in [0, 0.1) is 0 Å². The number of nitrogens with two attached hydrogens (primary N) is 2. The maximum absolute atomic E-state index is 12.2. The van der Waals surface area contributed by atoms with Gasteiger partial charge in [-0.1, -0.05) is 0 Å². The van der Waals surface area contributed by atoms with Crippen LogP contribution in [0.1, 0.15) is 20.7 Å². The van der Waals surface area contributed by atoms with Crippen molar-refractivity contribution < 1.29 is 9.59 Å². The quantitative estimate of drug-likeness (QED) is 0.543. The molecule has 0 fully saturated rings. The van der Waals surface area contributed by atoms with Crippen LogP contribution in [-0.4, -0.2) is 11.8 Å². The molecule has 3 aromatic rings. The van der Waals surface area contributed by atoms with Crippen molar-refractivity contribution in [3.63, 3.8) is 0 Å². The lowest BCUT2D eigenvalue weighted by atomic mass is 10.1. The maximum Gasteiger partial charge on any atom is 0.255 e. The molecule has 0 saturated carbocycles. The molecule has 0 aromatic heterocycles. The Morgan fingerprint density at radius 3 is 1.27 bits per heavy atom. The molecule has 0 radical (unpaired) electrons. The Morgan fingerprint density at radius 1 is 0.538 bits per heavy atom. The summed E-state index contributed by atoms with van der Waals surface area (Å²) in [7, 11) is 0. The van der Waals surface area contributed by atoms with Gasteiger partial charge in [0.1, 0.15) is 0 Å². The zero-order valence-electron chi connectivity index (χ0n) is 13.9. The monoisotopic (exact) mass is 346 g/mol. The predicted octanol–water partition coefficient (Wildman–Crippen LogP) is 3.36. The largest absolute Gasteiger partial charge is 0.399 e. The fourth-order valence-electron chi connectivity index (χ4n) is 2.31. The molecule has 3 rings (SSSR count). The Balaban J connectivity index is 1.64. The number of carbonyl (C=O) groups excluding carboxylic acids is 2. The van der Waals surface area contributed by atoms with Crippen LogP contribution in [0.25, 0.3) is 0 Å². The molecule has 0 aliphatic heterocycles. The third-order valence-electron chi connectivity index (χ3n) is 3.75. The van der Waals surface area contributed by atoms with Crippen molar-refractivity contribution in [2.75, 3.05) is 22.1 Å². The molecular formula is C20H18N4O2. The third-order valence-corrected chi connectivity index (χ3v) is 3.75. The Hall–Kier alpha value is -3.80. The molecule has 0 bridgehead atoms. The van der Waals surface area contributed by atoms with E-state index < -0.39 is 0 Å². The zero-order chi connectivity index (χ0) is 18.5. The summed E-state index contributed by atoms with van der Waals surface area (Å²) in [5.41, 5.74) is 14.7. The summed E-state index contributed by atoms with van der Waals surface area (Å²) in [6.07, 6.45) is 0. The van der Waals surface area contributed by atoms with Gasteiger partial charge in [-0.25, -0.2) is 0 Å². The van der Waals surface area contributed by atoms with Crippen LogP contribution in [-0.2, 0) is 0 Å². The van der Waals surface area contributed by atoms with E-state index in [4.69, 9.17) is 11.5 Å². The highest BCUT2D eigenvalue weighted by molar-refractivity contribution is 6.06. The Bertz CT molecular complexity index is 918. The van der Waals surface area contributed by atoms with Crippen molar-refractivity contribution in [1.29, 1.82) is 0 Å². The molecule has 130 valence electrons. The summed E-state index contributed by atoms with van der Waals surface area (Å²) in [6, 6.07) is 20.2. The van der Waals surface area contributed by atoms with Gasteiger partial charge in [-0.2, -0.15) is 0 Å². The average molecular weight is 346 g/mol. The van der Waals surface area contributed by atoms with Crippen molar-refractivity contribution in [2.45, 2.75) is 0 Å². The highest BCUT2D eigenvalue weighted by atomic mass is 16.2. The first-order chi connectivity index (χ1) is 12.5. The molecule has 2 amide bonds. The summed E-state index contributed by atoms with van der Waals surface area (Å²) < 4.78 is 0. The molecule has 0 unspecified atom stereocenters. The summed E-state index contributed by atoms with van der Waals surface area (Å²) in [5.74, 6) is -0.491. The number of anilines is 4. The number of rotatable bonds is 4. The lowest BCUT2D eigenvalue weighted by Crippen LogP contribution is -2.13. The average Bonchev–Trinajstić information content (AvgIpc) is 2.64. The van der Waals surface area contributed by atoms with Gasteiger partial charge in [-0.3, -0.25) is 9.59 Å². The number of amides is 2. The second-order valence-corrected chi connectivity index (χ2v) is 5.73. The lowest BCUT2D eigenvalue weighted by molar-refractivity contribution is 0.102. The van der Waals surface area contributed by atoms with Gasteiger partial charge in [0.05, 0.1) is 0 Å². The standard InChI is InChI=1S/C20H18N4O2/c21-15-5-1-13(2-6-15)19(25)23-17-9-3-14(4-10-17)20(26)24-18-11-7-16(22)8-12-18/h1-12H,21-22H2,(H,23,25)(H,24,26). The van der Waals surface area contributed by atoms with Crippen molar-refractivity contribution in [2.24, 2.45) is 0 Å². The van der Waals surface area contributed by atoms with Crippen molar-refractivity contribution >= 4 is 34.6 Å². The summed E-state index contributed by atoms with van der Waals surface area (Å²) in [5, 5.41) is 5.56. The van der Waals surface area contributed by atoms with Gasteiger partial charge in [0.15, 0.2) is 0 Å². The van der Waals surface area contributed by atoms with Crippen LogP contribution >= 0.6 is 0 Å². The number of benzene rings is 3. The van der Waals surface area contributed by atoms with E-state index in [1.165, 1.54) is 0 Å². The molecule has 0 heterocycles. The van der Waals surface area contributed by atoms with Gasteiger partial charge in [0.25, 0.3) is 11.8 Å². The van der Waals surface area contributed by atoms with Crippen LogP contribution in [0.2, 0.25) is 0 Å². The normalized spacial score (nSPS) is 10.2. The molecule has 6 heteroatoms. The minimum absolute atomic E-state index is 0.244. The zero-order valence-corrected chi connectivity index (χ0v) is 13.9. The van der Waals surface area contributed by atoms with Gasteiger partial charge in [0.2, 0.25) is 0 Å². The lowest BCUT2D eigenvalue weighted by Gasteiger charge is -2.08. The summed E-state index contributed by atoms with van der Waals surface area (Å²) in [6.45, 7) is 0. The molecular weight excluding hydrogens is 328 g/mol. The molecule has 0 aliphatic rings. The summed E-state index contributed by atoms with van der Waals surface area (Å²) in [4.78, 5) is 24.4. The summed E-state index contributed by atoms with van der Waals surface area (Å²) >= 11 is 0. The van der Waals surface area contributed by atoms with E-state index in [0.29, 0.717) is 33.9 Å². The van der Waals surface area contributed by atoms with E-state index in [-0.39, 0.29) is 11.8 Å². The molecule has 6 N–H and O–H groups in total. The number of carbonyl (C=O) groups is 2. The number of nitrogens with one attached hydrogen (secondary N) is 2. The van der Waals surface area contributed by atoms with E-state index in [9.17, 15) is 9.59 Å². The van der Waals surface area contributed by atoms with Crippen LogP contribution in [0.5, 0.6) is 0 Å². The first-order valence-corrected chi connectivity index (χ1v) is 7.95. The second-order valence-electron chi connectivity index (χ2n) is 5.73. The van der Waals surface area contributed by atoms with Gasteiger partial charge in [0, 0.05) is 33.9 Å². The van der Waals surface area contributed by atoms with Crippen molar-refractivity contribution in [3.8, 4) is 0 Å². The van der Waals surface area contributed by atoms with Gasteiger partial charge < -0.3 is 22.1 Å². The number of nitrogen functional groups attached to an aromatic ring is 2. The SMILES string of the molecule is Nc1ccc(NC(=O)c2ccc(NC(=O)c3ccc(N)cc3)cc2)cc1. The highest BCUT2D eigenvalue weighted by Crippen LogP contribution is 2.15. The first kappa shape index (κ1) is 17.0. The molecule has 26 heavy (non-hydrogen) atoms. The van der Waals surface area contributed by atoms with Crippen LogP contribution in [0.3, 0.4) is 0 Å². The van der Waals surface area contributed by atoms with Gasteiger partial charge in [-0.15, -0.1) is 0 Å². The van der Waals surface area contributed by atoms with Gasteiger partial charge in [-0.05, 0) is 72.8 Å². The Morgan fingerprint density at radius 2 is 0.846 bits per heavy atom. The fraction of sp³-hybridized carbons (Fsp3) is 0. The topological polar surface area (TPSA) is 110 Å². The van der Waals surface area contributed by atoms with E-state index in [1.54, 1.807) is 72.8 Å². The smallest absolute Gasteiger partial charge is 0.255 e. The van der Waals surface area contributed by atoms with E-state index in [0.717, 1.165) is 0 Å². The van der Waals surface area contributed by atoms with Crippen molar-refractivity contribution in [1.82, 2.24) is 0 Å². The van der Waals surface area contributed by atoms with E-state index >= 15 is 0 Å². The Kier molecular flexibility index (Phi) is 4.85. The van der Waals surface area contributed by atoms with Crippen molar-refractivity contribution in [3.05, 3.63) is 83.9 Å². The van der Waals surface area contributed by atoms with Gasteiger partial charge >= 0.3 is 0 Å². The second kappa shape index (κ2) is 7.40. The molecule has 3 aromatic carbocycles. The number of hydrogen-bond acceptors (Lipinski definition) is 4. The van der Waals surface area contributed by atoms with Crippen LogP contribution in [0.4, 0.5) is 22.7 Å². The highest BCUT2D eigenvalue weighted by Gasteiger charge is 2.08. The molecule has 6 nitrogen and oxygen atoms in total. The van der Waals surface area contributed by atoms with E-state index in [2.05, 4.69) is 10.6 Å². The minimum Gasteiger partial charge on any atom is -0.399 e. The molecule has 0 saturated heterocycles. The molecule has 0 aliphatic carbocycles.